The number of aromatic nitrogens is 2. The molecule has 3 heterocycles. The molecule has 0 bridgehead atoms. The number of furan rings is 1. The van der Waals surface area contributed by atoms with Gasteiger partial charge in [0.15, 0.2) is 5.76 Å². The molecule has 1 aliphatic rings. The Morgan fingerprint density at radius 2 is 1.86 bits per heavy atom. The highest BCUT2D eigenvalue weighted by Crippen LogP contribution is 2.24. The minimum atomic E-state index is 0.181. The fourth-order valence-electron chi connectivity index (χ4n) is 3.51. The van der Waals surface area contributed by atoms with Gasteiger partial charge < -0.3 is 9.32 Å². The molecule has 144 valence electrons. The van der Waals surface area contributed by atoms with Gasteiger partial charge in [-0.2, -0.15) is 0 Å². The van der Waals surface area contributed by atoms with E-state index in [9.17, 15) is 4.79 Å². The Kier molecular flexibility index (Phi) is 6.07. The van der Waals surface area contributed by atoms with Gasteiger partial charge in [-0.05, 0) is 55.0 Å². The van der Waals surface area contributed by atoms with Crippen molar-refractivity contribution in [3.05, 3.63) is 66.4 Å². The zero-order valence-electron chi connectivity index (χ0n) is 15.7. The predicted molar refractivity (Wildman–Crippen MR) is 110 cm³/mol. The Bertz CT molecular complexity index is 874. The maximum absolute atomic E-state index is 12.5. The summed E-state index contributed by atoms with van der Waals surface area (Å²) in [5.74, 6) is 1.94. The number of hydrogen-bond acceptors (Lipinski definition) is 5. The first kappa shape index (κ1) is 18.7. The van der Waals surface area contributed by atoms with Crippen molar-refractivity contribution < 1.29 is 9.21 Å². The van der Waals surface area contributed by atoms with Crippen molar-refractivity contribution >= 4 is 17.7 Å². The summed E-state index contributed by atoms with van der Waals surface area (Å²) in [6.45, 7) is 1.69. The lowest BCUT2D eigenvalue weighted by atomic mass is 9.90. The van der Waals surface area contributed by atoms with Crippen LogP contribution in [0.1, 0.15) is 18.4 Å². The summed E-state index contributed by atoms with van der Waals surface area (Å²) < 4.78 is 5.31. The average Bonchev–Trinajstić information content (AvgIpc) is 3.29. The largest absolute Gasteiger partial charge is 0.463 e. The molecule has 1 amide bonds. The van der Waals surface area contributed by atoms with E-state index in [1.54, 1.807) is 6.26 Å². The number of amides is 1. The fourth-order valence-corrected chi connectivity index (χ4v) is 4.23. The zero-order valence-corrected chi connectivity index (χ0v) is 16.5. The van der Waals surface area contributed by atoms with Gasteiger partial charge in [-0.3, -0.25) is 4.79 Å². The molecular weight excluding hydrogens is 370 g/mol. The Morgan fingerprint density at radius 1 is 1.04 bits per heavy atom. The third kappa shape index (κ3) is 4.81. The van der Waals surface area contributed by atoms with Crippen molar-refractivity contribution in [1.82, 2.24) is 15.1 Å². The van der Waals surface area contributed by atoms with Gasteiger partial charge in [0.2, 0.25) is 5.91 Å². The summed E-state index contributed by atoms with van der Waals surface area (Å²) in [6.07, 6.45) is 4.86. The molecule has 1 saturated heterocycles. The highest BCUT2D eigenvalue weighted by molar-refractivity contribution is 7.99. The van der Waals surface area contributed by atoms with Crippen LogP contribution in [0.4, 0.5) is 0 Å². The number of benzene rings is 1. The van der Waals surface area contributed by atoms with Crippen LogP contribution in [0.5, 0.6) is 0 Å². The first-order valence-electron chi connectivity index (χ1n) is 9.60. The first-order valence-corrected chi connectivity index (χ1v) is 10.6. The van der Waals surface area contributed by atoms with Crippen molar-refractivity contribution in [3.63, 3.8) is 0 Å². The minimum absolute atomic E-state index is 0.181. The molecule has 1 aliphatic heterocycles. The number of carbonyl (C=O) groups excluding carboxylic acids is 1. The molecule has 2 aromatic heterocycles. The molecule has 28 heavy (non-hydrogen) atoms. The molecule has 0 radical (unpaired) electrons. The standard InChI is InChI=1S/C22H23N3O2S/c26-22(16-28-21-9-8-19(23-24-21)20-7-4-14-27-20)25-12-10-18(11-13-25)15-17-5-2-1-3-6-17/h1-9,14,18H,10-13,15-16H2. The van der Waals surface area contributed by atoms with Gasteiger partial charge in [-0.25, -0.2) is 0 Å². The van der Waals surface area contributed by atoms with Gasteiger partial charge in [0.05, 0.1) is 12.0 Å². The second-order valence-corrected chi connectivity index (χ2v) is 8.03. The second kappa shape index (κ2) is 9.06. The third-order valence-corrected chi connectivity index (χ3v) is 6.00. The monoisotopic (exact) mass is 393 g/mol. The number of piperidine rings is 1. The molecule has 4 rings (SSSR count). The molecule has 0 aliphatic carbocycles. The van der Waals surface area contributed by atoms with Crippen molar-refractivity contribution in [1.29, 1.82) is 0 Å². The maximum Gasteiger partial charge on any atom is 0.232 e. The number of rotatable bonds is 6. The zero-order chi connectivity index (χ0) is 19.2. The molecule has 1 fully saturated rings. The van der Waals surface area contributed by atoms with E-state index in [-0.39, 0.29) is 5.91 Å². The highest BCUT2D eigenvalue weighted by atomic mass is 32.2. The summed E-state index contributed by atoms with van der Waals surface area (Å²) >= 11 is 1.44. The van der Waals surface area contributed by atoms with Crippen LogP contribution >= 0.6 is 11.8 Å². The molecule has 3 aromatic rings. The molecule has 0 saturated carbocycles. The Morgan fingerprint density at radius 3 is 2.54 bits per heavy atom. The van der Waals surface area contributed by atoms with Gasteiger partial charge in [0.25, 0.3) is 0 Å². The fraction of sp³-hybridized carbons (Fsp3) is 0.318. The average molecular weight is 394 g/mol. The summed E-state index contributed by atoms with van der Waals surface area (Å²) in [5, 5.41) is 9.12. The summed E-state index contributed by atoms with van der Waals surface area (Å²) in [7, 11) is 0. The lowest BCUT2D eigenvalue weighted by molar-refractivity contribution is -0.129. The van der Waals surface area contributed by atoms with Gasteiger partial charge in [-0.1, -0.05) is 42.1 Å². The van der Waals surface area contributed by atoms with E-state index >= 15 is 0 Å². The number of thioether (sulfide) groups is 1. The van der Waals surface area contributed by atoms with E-state index in [4.69, 9.17) is 4.42 Å². The van der Waals surface area contributed by atoms with Crippen LogP contribution in [0, 0.1) is 5.92 Å². The smallest absolute Gasteiger partial charge is 0.232 e. The van der Waals surface area contributed by atoms with E-state index in [2.05, 4.69) is 40.5 Å². The Labute approximate surface area is 169 Å². The Balaban J connectivity index is 1.22. The second-order valence-electron chi connectivity index (χ2n) is 7.04. The molecule has 5 nitrogen and oxygen atoms in total. The Hall–Kier alpha value is -2.60. The molecular formula is C22H23N3O2S. The van der Waals surface area contributed by atoms with Crippen molar-refractivity contribution in [2.75, 3.05) is 18.8 Å². The van der Waals surface area contributed by atoms with E-state index in [1.807, 2.05) is 29.2 Å². The van der Waals surface area contributed by atoms with Crippen LogP contribution in [0.15, 0.2) is 70.3 Å². The summed E-state index contributed by atoms with van der Waals surface area (Å²) in [6, 6.07) is 18.0. The van der Waals surface area contributed by atoms with E-state index in [0.717, 1.165) is 37.4 Å². The van der Waals surface area contributed by atoms with Crippen molar-refractivity contribution in [2.45, 2.75) is 24.3 Å². The quantitative estimate of drug-likeness (QED) is 0.584. The van der Waals surface area contributed by atoms with E-state index in [0.29, 0.717) is 23.1 Å². The molecule has 6 heteroatoms. The summed E-state index contributed by atoms with van der Waals surface area (Å²) in [4.78, 5) is 14.5. The van der Waals surface area contributed by atoms with Crippen LogP contribution in [0.2, 0.25) is 0 Å². The van der Waals surface area contributed by atoms with Crippen LogP contribution < -0.4 is 0 Å². The number of nitrogens with zero attached hydrogens (tertiary/aromatic N) is 3. The maximum atomic E-state index is 12.5. The predicted octanol–water partition coefficient (Wildman–Crippen LogP) is 4.31. The topological polar surface area (TPSA) is 59.2 Å². The van der Waals surface area contributed by atoms with Gasteiger partial charge in [0.1, 0.15) is 10.7 Å². The van der Waals surface area contributed by atoms with Gasteiger partial charge in [-0.15, -0.1) is 10.2 Å². The van der Waals surface area contributed by atoms with Gasteiger partial charge >= 0.3 is 0 Å². The minimum Gasteiger partial charge on any atom is -0.463 e. The van der Waals surface area contributed by atoms with Crippen LogP contribution in [-0.4, -0.2) is 39.8 Å². The van der Waals surface area contributed by atoms with E-state index in [1.165, 1.54) is 17.3 Å². The molecule has 0 N–H and O–H groups in total. The number of likely N-dealkylation sites (tertiary alicyclic amines) is 1. The van der Waals surface area contributed by atoms with Crippen LogP contribution in [0.3, 0.4) is 0 Å². The molecule has 0 unspecified atom stereocenters. The van der Waals surface area contributed by atoms with Crippen molar-refractivity contribution in [2.24, 2.45) is 5.92 Å². The molecule has 1 aromatic carbocycles. The normalized spacial score (nSPS) is 14.9. The molecule has 0 atom stereocenters. The highest BCUT2D eigenvalue weighted by Gasteiger charge is 2.23. The summed E-state index contributed by atoms with van der Waals surface area (Å²) in [5.41, 5.74) is 2.08. The molecule has 0 spiro atoms. The lowest BCUT2D eigenvalue weighted by Crippen LogP contribution is -2.39. The van der Waals surface area contributed by atoms with Crippen LogP contribution in [-0.2, 0) is 11.2 Å². The number of carbonyl (C=O) groups is 1. The number of hydrogen-bond donors (Lipinski definition) is 0. The van der Waals surface area contributed by atoms with E-state index < -0.39 is 0 Å². The van der Waals surface area contributed by atoms with Crippen molar-refractivity contribution in [3.8, 4) is 11.5 Å². The lowest BCUT2D eigenvalue weighted by Gasteiger charge is -2.32. The van der Waals surface area contributed by atoms with Gasteiger partial charge in [0, 0.05) is 13.1 Å². The SMILES string of the molecule is O=C(CSc1ccc(-c2ccco2)nn1)N1CCC(Cc2ccccc2)CC1. The van der Waals surface area contributed by atoms with Crippen LogP contribution in [0.25, 0.3) is 11.5 Å². The third-order valence-electron chi connectivity index (χ3n) is 5.09. The first-order chi connectivity index (χ1) is 13.8.